The Balaban J connectivity index is 2.82. The van der Waals surface area contributed by atoms with E-state index < -0.39 is 11.9 Å². The van der Waals surface area contributed by atoms with Crippen LogP contribution in [-0.2, 0) is 9.53 Å². The summed E-state index contributed by atoms with van der Waals surface area (Å²) in [6.45, 7) is 17.2. The van der Waals surface area contributed by atoms with Crippen molar-refractivity contribution in [3.05, 3.63) is 119 Å². The van der Waals surface area contributed by atoms with Crippen molar-refractivity contribution in [1.82, 2.24) is 0 Å². The maximum Gasteiger partial charge on any atom is 0.335 e. The molecule has 0 radical (unpaired) electrons. The summed E-state index contributed by atoms with van der Waals surface area (Å²) in [5.74, 6) is -1.11. The second kappa shape index (κ2) is 11.0. The molecule has 4 nitrogen and oxygen atoms in total. The smallest absolute Gasteiger partial charge is 0.335 e. The molecule has 0 spiro atoms. The molecule has 0 amide bonds. The molecule has 0 bridgehead atoms. The van der Waals surface area contributed by atoms with Crippen LogP contribution in [0.4, 0.5) is 0 Å². The summed E-state index contributed by atoms with van der Waals surface area (Å²) in [6.07, 6.45) is 9.11. The van der Waals surface area contributed by atoms with Gasteiger partial charge in [-0.25, -0.2) is 4.79 Å². The average Bonchev–Trinajstić information content (AvgIpc) is 2.88. The van der Waals surface area contributed by atoms with Crippen LogP contribution >= 0.6 is 0 Å². The highest BCUT2D eigenvalue weighted by molar-refractivity contribution is 5.93. The molecule has 1 aliphatic carbocycles. The van der Waals surface area contributed by atoms with Gasteiger partial charge in [-0.15, -0.1) is 6.58 Å². The number of ether oxygens (including phenoxy) is 1. The zero-order valence-corrected chi connectivity index (χ0v) is 18.9. The molecule has 32 heavy (non-hydrogen) atoms. The minimum atomic E-state index is -0.637. The Bertz CT molecular complexity index is 1120. The number of esters is 1. The molecule has 4 heteroatoms. The van der Waals surface area contributed by atoms with Gasteiger partial charge >= 0.3 is 5.97 Å². The molecule has 0 aliphatic heterocycles. The van der Waals surface area contributed by atoms with Gasteiger partial charge in [-0.1, -0.05) is 49.1 Å². The van der Waals surface area contributed by atoms with Crippen LogP contribution < -0.4 is 0 Å². The predicted molar refractivity (Wildman–Crippen MR) is 129 cm³/mol. The van der Waals surface area contributed by atoms with Gasteiger partial charge in [-0.05, 0) is 67.7 Å². The molecule has 2 rings (SSSR count). The van der Waals surface area contributed by atoms with Gasteiger partial charge in [0.15, 0.2) is 0 Å². The van der Waals surface area contributed by atoms with Crippen molar-refractivity contribution in [2.45, 2.75) is 33.1 Å². The summed E-state index contributed by atoms with van der Waals surface area (Å²) < 4.78 is 5.53. The van der Waals surface area contributed by atoms with Crippen LogP contribution in [0, 0.1) is 18.3 Å². The first kappa shape index (κ1) is 24.4. The van der Waals surface area contributed by atoms with E-state index in [9.17, 15) is 15.2 Å². The molecule has 0 fully saturated rings. The Morgan fingerprint density at radius 2 is 1.97 bits per heavy atom. The first-order chi connectivity index (χ1) is 15.2. The lowest BCUT2D eigenvalue weighted by Crippen LogP contribution is -2.20. The zero-order valence-electron chi connectivity index (χ0n) is 18.9. The number of nitriles is 1. The maximum atomic E-state index is 13.3. The topological polar surface area (TPSA) is 70.3 Å². The quantitative estimate of drug-likeness (QED) is 0.170. The number of carbonyl (C=O) groups excluding carboxylic acids is 1. The van der Waals surface area contributed by atoms with Gasteiger partial charge in [-0.3, -0.25) is 0 Å². The number of aliphatic hydroxyl groups excluding tert-OH is 1. The fourth-order valence-electron chi connectivity index (χ4n) is 3.66. The summed E-state index contributed by atoms with van der Waals surface area (Å²) in [5.41, 5.74) is 5.22. The van der Waals surface area contributed by atoms with E-state index in [1.54, 1.807) is 37.3 Å². The third-order valence-electron chi connectivity index (χ3n) is 5.23. The van der Waals surface area contributed by atoms with Crippen molar-refractivity contribution in [2.24, 2.45) is 0 Å². The van der Waals surface area contributed by atoms with E-state index in [2.05, 4.69) is 25.8 Å². The van der Waals surface area contributed by atoms with E-state index in [1.165, 1.54) is 0 Å². The van der Waals surface area contributed by atoms with Crippen LogP contribution in [0.5, 0.6) is 0 Å². The molecule has 0 unspecified atom stereocenters. The molecule has 1 aromatic rings. The van der Waals surface area contributed by atoms with Gasteiger partial charge in [-0.2, -0.15) is 5.26 Å². The lowest BCUT2D eigenvalue weighted by Gasteiger charge is -2.26. The van der Waals surface area contributed by atoms with Crippen molar-refractivity contribution >= 4 is 5.97 Å². The third-order valence-corrected chi connectivity index (χ3v) is 5.23. The lowest BCUT2D eigenvalue weighted by molar-refractivity contribution is -0.139. The number of benzene rings is 1. The average molecular weight is 428 g/mol. The van der Waals surface area contributed by atoms with Crippen LogP contribution in [0.3, 0.4) is 0 Å². The molecule has 0 heterocycles. The van der Waals surface area contributed by atoms with Crippen LogP contribution in [0.1, 0.15) is 42.9 Å². The Kier molecular flexibility index (Phi) is 8.38. The molecular formula is C28H29NO3. The number of hydrogen-bond acceptors (Lipinski definition) is 4. The van der Waals surface area contributed by atoms with Gasteiger partial charge in [0, 0.05) is 11.5 Å². The fourth-order valence-corrected chi connectivity index (χ4v) is 3.66. The highest BCUT2D eigenvalue weighted by Gasteiger charge is 2.32. The number of nitrogens with zero attached hydrogens (tertiary/aromatic N) is 1. The molecular weight excluding hydrogens is 398 g/mol. The van der Waals surface area contributed by atoms with Crippen molar-refractivity contribution < 1.29 is 14.6 Å². The van der Waals surface area contributed by atoms with E-state index in [4.69, 9.17) is 4.74 Å². The van der Waals surface area contributed by atoms with Crippen LogP contribution in [0.15, 0.2) is 102 Å². The number of carbonyl (C=O) groups is 1. The maximum absolute atomic E-state index is 13.3. The summed E-state index contributed by atoms with van der Waals surface area (Å²) >= 11 is 0. The third kappa shape index (κ3) is 5.65. The first-order valence-corrected chi connectivity index (χ1v) is 10.3. The molecule has 0 saturated heterocycles. The van der Waals surface area contributed by atoms with E-state index in [0.29, 0.717) is 34.3 Å². The van der Waals surface area contributed by atoms with E-state index >= 15 is 0 Å². The number of rotatable bonds is 8. The second-order valence-electron chi connectivity index (χ2n) is 7.72. The van der Waals surface area contributed by atoms with E-state index in [-0.39, 0.29) is 12.4 Å². The van der Waals surface area contributed by atoms with Gasteiger partial charge in [0.05, 0.1) is 23.8 Å². The zero-order chi connectivity index (χ0) is 23.8. The van der Waals surface area contributed by atoms with Gasteiger partial charge in [0.25, 0.3) is 0 Å². The highest BCUT2D eigenvalue weighted by Crippen LogP contribution is 2.41. The lowest BCUT2D eigenvalue weighted by atomic mass is 9.78. The number of aliphatic hydroxyl groups is 1. The molecule has 1 aliphatic rings. The monoisotopic (exact) mass is 427 g/mol. The Hall–Kier alpha value is -3.84. The number of aryl methyl sites for hydroxylation is 1. The van der Waals surface area contributed by atoms with Crippen LogP contribution in [0.25, 0.3) is 0 Å². The molecule has 1 N–H and O–H groups in total. The van der Waals surface area contributed by atoms with Crippen molar-refractivity contribution in [3.63, 3.8) is 0 Å². The first-order valence-electron chi connectivity index (χ1n) is 10.3. The second-order valence-corrected chi connectivity index (χ2v) is 7.72. The van der Waals surface area contributed by atoms with E-state index in [0.717, 1.165) is 16.7 Å². The van der Waals surface area contributed by atoms with Gasteiger partial charge in [0.1, 0.15) is 5.76 Å². The summed E-state index contributed by atoms with van der Waals surface area (Å²) in [4.78, 5) is 13.3. The standard InChI is InChI=1S/C28H29NO3/c1-7-9-12-32-28(31)26(20(5)8-2)27(23-11-10-22(17-29)16-21(23)6)24-14-18(3)13-19(4)15-25(24)30/h7-8,10-11,13-16,27,30H,1-2,4,9,12H2,3,5-6H3/b26-20+/t27-/m0/s1. The minimum absolute atomic E-state index is 0.0186. The number of hydrogen-bond donors (Lipinski definition) is 1. The predicted octanol–water partition coefficient (Wildman–Crippen LogP) is 6.46. The molecule has 0 saturated carbocycles. The fraction of sp³-hybridized carbons (Fsp3) is 0.214. The molecule has 1 aromatic carbocycles. The Labute approximate surface area is 190 Å². The largest absolute Gasteiger partial charge is 0.508 e. The van der Waals surface area contributed by atoms with Crippen molar-refractivity contribution in [1.29, 1.82) is 5.26 Å². The number of allylic oxidation sites excluding steroid dienone is 8. The molecule has 1 atom stereocenters. The Morgan fingerprint density at radius 3 is 2.56 bits per heavy atom. The van der Waals surface area contributed by atoms with Crippen molar-refractivity contribution in [3.8, 4) is 6.07 Å². The molecule has 164 valence electrons. The normalized spacial score (nSPS) is 15.2. The molecule has 0 aromatic heterocycles. The van der Waals surface area contributed by atoms with Crippen LogP contribution in [-0.4, -0.2) is 17.7 Å². The minimum Gasteiger partial charge on any atom is -0.508 e. The van der Waals surface area contributed by atoms with E-state index in [1.807, 2.05) is 32.1 Å². The highest BCUT2D eigenvalue weighted by atomic mass is 16.5. The van der Waals surface area contributed by atoms with Crippen LogP contribution in [0.2, 0.25) is 0 Å². The van der Waals surface area contributed by atoms with Gasteiger partial charge < -0.3 is 9.84 Å². The SMILES string of the molecule is C=CCCOC(=O)/C(=C(\C)C=C)[C@H](C1=CC(C)=CC(=C)C=C1O)c1ccc(C#N)cc1C. The summed E-state index contributed by atoms with van der Waals surface area (Å²) in [5, 5.41) is 20.3. The Morgan fingerprint density at radius 1 is 1.25 bits per heavy atom. The summed E-state index contributed by atoms with van der Waals surface area (Å²) in [7, 11) is 0. The summed E-state index contributed by atoms with van der Waals surface area (Å²) in [6, 6.07) is 7.44. The van der Waals surface area contributed by atoms with Crippen molar-refractivity contribution in [2.75, 3.05) is 6.61 Å². The van der Waals surface area contributed by atoms with Gasteiger partial charge in [0.2, 0.25) is 0 Å².